The molecule has 3 heterocycles. The Bertz CT molecular complexity index is 2120. The van der Waals surface area contributed by atoms with Crippen LogP contribution in [0.5, 0.6) is 0 Å². The fourth-order valence-electron chi connectivity index (χ4n) is 6.02. The maximum atomic E-state index is 4.99. The second kappa shape index (κ2) is 8.33. The average Bonchev–Trinajstić information content (AvgIpc) is 3.64. The van der Waals surface area contributed by atoms with Gasteiger partial charge in [0.05, 0.1) is 27.6 Å². The molecule has 0 atom stereocenters. The summed E-state index contributed by atoms with van der Waals surface area (Å²) in [5.74, 6) is 2.60. The Labute approximate surface area is 230 Å². The Balaban J connectivity index is 1.41. The van der Waals surface area contributed by atoms with Crippen molar-refractivity contribution in [1.29, 1.82) is 0 Å². The van der Waals surface area contributed by atoms with E-state index in [0.717, 1.165) is 66.6 Å². The molecule has 0 fully saturated rings. The van der Waals surface area contributed by atoms with Crippen molar-refractivity contribution >= 4 is 65.4 Å². The topological polar surface area (TPSA) is 83.1 Å². The number of imidazole rings is 2. The molecule has 40 heavy (non-hydrogen) atoms. The Morgan fingerprint density at radius 1 is 0.500 bits per heavy atom. The van der Waals surface area contributed by atoms with E-state index in [1.807, 2.05) is 0 Å². The average molecular weight is 521 g/mol. The van der Waals surface area contributed by atoms with Crippen LogP contribution in [0.4, 0.5) is 0 Å². The van der Waals surface area contributed by atoms with E-state index in [0.29, 0.717) is 11.8 Å². The molecule has 2 N–H and O–H groups in total. The van der Waals surface area contributed by atoms with Crippen LogP contribution in [0, 0.1) is 0 Å². The molecular formula is C34H28N6. The van der Waals surface area contributed by atoms with Gasteiger partial charge in [0.15, 0.2) is 0 Å². The van der Waals surface area contributed by atoms with E-state index >= 15 is 0 Å². The van der Waals surface area contributed by atoms with Crippen molar-refractivity contribution < 1.29 is 0 Å². The zero-order valence-electron chi connectivity index (χ0n) is 22.9. The molecule has 6 nitrogen and oxygen atoms in total. The first-order valence-electron chi connectivity index (χ1n) is 13.9. The lowest BCUT2D eigenvalue weighted by Crippen LogP contribution is -1.89. The Morgan fingerprint density at radius 2 is 1.05 bits per heavy atom. The second-order valence-corrected chi connectivity index (χ2v) is 11.3. The first-order chi connectivity index (χ1) is 19.5. The van der Waals surface area contributed by atoms with E-state index in [1.54, 1.807) is 12.4 Å². The first kappa shape index (κ1) is 23.1. The molecular weight excluding hydrogens is 492 g/mol. The molecule has 8 aromatic rings. The fraction of sp³-hybridized carbons (Fsp3) is 0.176. The van der Waals surface area contributed by atoms with Gasteiger partial charge in [-0.15, -0.1) is 0 Å². The summed E-state index contributed by atoms with van der Waals surface area (Å²) in [5.41, 5.74) is 8.08. The number of fused-ring (bicyclic) bond motifs is 12. The van der Waals surface area contributed by atoms with E-state index in [-0.39, 0.29) is 0 Å². The monoisotopic (exact) mass is 520 g/mol. The number of hydrogen-bond acceptors (Lipinski definition) is 4. The zero-order chi connectivity index (χ0) is 27.1. The maximum absolute atomic E-state index is 4.99. The summed E-state index contributed by atoms with van der Waals surface area (Å²) in [6.07, 6.45) is 3.52. The molecule has 3 aromatic heterocycles. The number of hydrogen-bond donors (Lipinski definition) is 2. The fourth-order valence-corrected chi connectivity index (χ4v) is 6.02. The molecule has 0 aliphatic rings. The summed E-state index contributed by atoms with van der Waals surface area (Å²) in [4.78, 5) is 26.6. The van der Waals surface area contributed by atoms with E-state index in [4.69, 9.17) is 19.9 Å². The predicted octanol–water partition coefficient (Wildman–Crippen LogP) is 8.76. The minimum atomic E-state index is 0.291. The highest BCUT2D eigenvalue weighted by Crippen LogP contribution is 2.39. The van der Waals surface area contributed by atoms with E-state index in [1.165, 1.54) is 21.5 Å². The summed E-state index contributed by atoms with van der Waals surface area (Å²) in [7, 11) is 0. The van der Waals surface area contributed by atoms with Gasteiger partial charge in [-0.3, -0.25) is 9.97 Å². The third-order valence-corrected chi connectivity index (χ3v) is 8.10. The molecule has 194 valence electrons. The molecule has 0 aliphatic carbocycles. The molecule has 0 amide bonds. The van der Waals surface area contributed by atoms with Crippen molar-refractivity contribution in [2.45, 2.75) is 39.5 Å². The molecule has 0 radical (unpaired) electrons. The Kier molecular flexibility index (Phi) is 4.81. The zero-order valence-corrected chi connectivity index (χ0v) is 22.9. The van der Waals surface area contributed by atoms with Crippen LogP contribution in [0.1, 0.15) is 51.2 Å². The lowest BCUT2D eigenvalue weighted by molar-refractivity contribution is 0.799. The molecule has 5 aromatic carbocycles. The SMILES string of the molecule is CC(C)c1nc2c3ccccc3c3cc(-c4ccc5c(c4)c4nccnc4c4[nH]c(C(C)C)nc54)ccc3c2[nH]1. The lowest BCUT2D eigenvalue weighted by Gasteiger charge is -2.11. The molecule has 0 unspecified atom stereocenters. The second-order valence-electron chi connectivity index (χ2n) is 11.3. The minimum Gasteiger partial charge on any atom is -0.341 e. The van der Waals surface area contributed by atoms with Gasteiger partial charge in [-0.1, -0.05) is 76.2 Å². The summed E-state index contributed by atoms with van der Waals surface area (Å²) in [6, 6.07) is 22.0. The van der Waals surface area contributed by atoms with Crippen molar-refractivity contribution in [3.8, 4) is 11.1 Å². The molecule has 0 bridgehead atoms. The molecule has 0 spiro atoms. The van der Waals surface area contributed by atoms with E-state index < -0.39 is 0 Å². The number of benzene rings is 5. The summed E-state index contributed by atoms with van der Waals surface area (Å²) < 4.78 is 0. The van der Waals surface area contributed by atoms with Crippen LogP contribution >= 0.6 is 0 Å². The van der Waals surface area contributed by atoms with E-state index in [9.17, 15) is 0 Å². The Morgan fingerprint density at radius 3 is 1.75 bits per heavy atom. The van der Waals surface area contributed by atoms with Gasteiger partial charge in [0.25, 0.3) is 0 Å². The van der Waals surface area contributed by atoms with Crippen LogP contribution in [0.3, 0.4) is 0 Å². The lowest BCUT2D eigenvalue weighted by atomic mass is 9.94. The van der Waals surface area contributed by atoms with Gasteiger partial charge < -0.3 is 9.97 Å². The highest BCUT2D eigenvalue weighted by molar-refractivity contribution is 6.24. The number of aromatic amines is 2. The van der Waals surface area contributed by atoms with Gasteiger partial charge in [-0.25, -0.2) is 9.97 Å². The first-order valence-corrected chi connectivity index (χ1v) is 13.9. The van der Waals surface area contributed by atoms with Crippen molar-refractivity contribution in [3.63, 3.8) is 0 Å². The number of rotatable bonds is 3. The molecule has 8 rings (SSSR count). The molecule has 0 aliphatic heterocycles. The maximum Gasteiger partial charge on any atom is 0.115 e. The molecule has 6 heteroatoms. The largest absolute Gasteiger partial charge is 0.341 e. The smallest absolute Gasteiger partial charge is 0.115 e. The van der Waals surface area contributed by atoms with E-state index in [2.05, 4.69) is 98.3 Å². The standard InChI is InChI=1S/C34H28N6/c1-17(2)33-37-28-22-8-6-5-7-21(22)25-15-19(9-11-23(25)29(28)38-33)20-10-12-24-26(16-20)27-31(36-14-13-35-27)32-30(24)39-34(40-32)18(3)4/h5-18H,1-4H3,(H,37,38)(H,39,40). The molecule has 0 saturated carbocycles. The number of H-pyrrole nitrogens is 2. The highest BCUT2D eigenvalue weighted by atomic mass is 14.9. The predicted molar refractivity (Wildman–Crippen MR) is 165 cm³/mol. The summed E-state index contributed by atoms with van der Waals surface area (Å²) in [6.45, 7) is 8.65. The van der Waals surface area contributed by atoms with Gasteiger partial charge in [0.1, 0.15) is 17.2 Å². The normalized spacial score (nSPS) is 12.4. The number of aromatic nitrogens is 6. The third kappa shape index (κ3) is 3.22. The van der Waals surface area contributed by atoms with Gasteiger partial charge in [-0.05, 0) is 34.0 Å². The Hall–Kier alpha value is -4.84. The summed E-state index contributed by atoms with van der Waals surface area (Å²) >= 11 is 0. The van der Waals surface area contributed by atoms with Crippen molar-refractivity contribution in [3.05, 3.63) is 84.7 Å². The third-order valence-electron chi connectivity index (χ3n) is 8.10. The van der Waals surface area contributed by atoms with Crippen molar-refractivity contribution in [1.82, 2.24) is 29.9 Å². The van der Waals surface area contributed by atoms with Crippen LogP contribution in [0.2, 0.25) is 0 Å². The number of nitrogens with one attached hydrogen (secondary N) is 2. The van der Waals surface area contributed by atoms with Gasteiger partial charge in [0.2, 0.25) is 0 Å². The van der Waals surface area contributed by atoms with Gasteiger partial charge >= 0.3 is 0 Å². The van der Waals surface area contributed by atoms with Crippen LogP contribution < -0.4 is 0 Å². The van der Waals surface area contributed by atoms with Crippen LogP contribution in [-0.2, 0) is 0 Å². The van der Waals surface area contributed by atoms with Crippen LogP contribution in [-0.4, -0.2) is 29.9 Å². The van der Waals surface area contributed by atoms with Crippen molar-refractivity contribution in [2.75, 3.05) is 0 Å². The number of nitrogens with zero attached hydrogens (tertiary/aromatic N) is 4. The summed E-state index contributed by atoms with van der Waals surface area (Å²) in [5, 5.41) is 6.94. The van der Waals surface area contributed by atoms with Crippen LogP contribution in [0.15, 0.2) is 73.1 Å². The van der Waals surface area contributed by atoms with Crippen LogP contribution in [0.25, 0.3) is 76.5 Å². The van der Waals surface area contributed by atoms with Gasteiger partial charge in [-0.2, -0.15) is 0 Å². The minimum absolute atomic E-state index is 0.291. The van der Waals surface area contributed by atoms with Crippen molar-refractivity contribution in [2.24, 2.45) is 0 Å². The highest BCUT2D eigenvalue weighted by Gasteiger charge is 2.18. The van der Waals surface area contributed by atoms with Gasteiger partial charge in [0, 0.05) is 45.8 Å². The quantitative estimate of drug-likeness (QED) is 0.228. The molecule has 0 saturated heterocycles.